The lowest BCUT2D eigenvalue weighted by Crippen LogP contribution is -2.38. The molecule has 33 heavy (non-hydrogen) atoms. The molecule has 2 unspecified atom stereocenters. The van der Waals surface area contributed by atoms with Crippen molar-refractivity contribution in [2.45, 2.75) is 88.9 Å². The number of allylic oxidation sites excluding steroid dienone is 1. The highest BCUT2D eigenvalue weighted by molar-refractivity contribution is 5.55. The highest BCUT2D eigenvalue weighted by atomic mass is 15.4. The topological polar surface area (TPSA) is 82.4 Å². The Hall–Kier alpha value is -2.61. The number of hydrogen-bond acceptors (Lipinski definition) is 7. The van der Waals surface area contributed by atoms with E-state index in [4.69, 9.17) is 9.97 Å². The summed E-state index contributed by atoms with van der Waals surface area (Å²) in [5, 5.41) is 15.4. The molecule has 0 saturated heterocycles. The van der Waals surface area contributed by atoms with Crippen molar-refractivity contribution < 1.29 is 0 Å². The van der Waals surface area contributed by atoms with Gasteiger partial charge >= 0.3 is 0 Å². The van der Waals surface area contributed by atoms with Gasteiger partial charge in [0.05, 0.1) is 6.20 Å². The van der Waals surface area contributed by atoms with E-state index in [0.29, 0.717) is 30.1 Å². The molecule has 2 aromatic heterocycles. The van der Waals surface area contributed by atoms with Gasteiger partial charge < -0.3 is 20.9 Å². The predicted octanol–water partition coefficient (Wildman–Crippen LogP) is 3.98. The van der Waals surface area contributed by atoms with Gasteiger partial charge in [0, 0.05) is 35.4 Å². The van der Waals surface area contributed by atoms with E-state index in [1.165, 1.54) is 12.8 Å². The number of anilines is 2. The second kappa shape index (κ2) is 10.5. The lowest BCUT2D eigenvalue weighted by atomic mass is 9.90. The number of nitrogens with zero attached hydrogens (tertiary/aromatic N) is 5. The monoisotopic (exact) mass is 452 g/mol. The van der Waals surface area contributed by atoms with Crippen LogP contribution in [0.3, 0.4) is 0 Å². The molecule has 0 aromatic carbocycles. The molecule has 0 bridgehead atoms. The van der Waals surface area contributed by atoms with Gasteiger partial charge in [-0.2, -0.15) is 19.6 Å². The fourth-order valence-corrected chi connectivity index (χ4v) is 5.21. The fourth-order valence-electron chi connectivity index (χ4n) is 5.21. The first-order valence-electron chi connectivity index (χ1n) is 12.5. The van der Waals surface area contributed by atoms with Gasteiger partial charge in [-0.05, 0) is 78.0 Å². The summed E-state index contributed by atoms with van der Waals surface area (Å²) < 4.78 is 1.87. The van der Waals surface area contributed by atoms with Gasteiger partial charge in [0.2, 0.25) is 11.9 Å². The average Bonchev–Trinajstić information content (AvgIpc) is 3.23. The van der Waals surface area contributed by atoms with Crippen LogP contribution in [-0.2, 0) is 6.42 Å². The fraction of sp³-hybridized carbons (Fsp3) is 0.640. The zero-order chi connectivity index (χ0) is 23.4. The van der Waals surface area contributed by atoms with Gasteiger partial charge in [-0.1, -0.05) is 20.1 Å². The average molecular weight is 453 g/mol. The lowest BCUT2D eigenvalue weighted by Gasteiger charge is -2.33. The number of rotatable bonds is 9. The van der Waals surface area contributed by atoms with E-state index in [0.717, 1.165) is 67.8 Å². The van der Waals surface area contributed by atoms with Crippen LogP contribution in [-0.4, -0.2) is 62.7 Å². The summed E-state index contributed by atoms with van der Waals surface area (Å²) in [4.78, 5) is 12.1. The Kier molecular flexibility index (Phi) is 7.53. The molecule has 2 heterocycles. The van der Waals surface area contributed by atoms with Gasteiger partial charge in [0.25, 0.3) is 0 Å². The summed E-state index contributed by atoms with van der Waals surface area (Å²) in [6, 6.07) is 1.81. The maximum Gasteiger partial charge on any atom is 0.229 e. The van der Waals surface area contributed by atoms with E-state index in [1.807, 2.05) is 10.7 Å². The number of aryl methyl sites for hydroxylation is 1. The second-order valence-corrected chi connectivity index (χ2v) is 9.82. The number of nitrogens with one attached hydrogen (secondary N) is 3. The minimum atomic E-state index is 0.324. The molecule has 0 amide bonds. The molecular weight excluding hydrogens is 412 g/mol. The van der Waals surface area contributed by atoms with Gasteiger partial charge in [-0.25, -0.2) is 0 Å². The molecule has 180 valence electrons. The van der Waals surface area contributed by atoms with Crippen molar-refractivity contribution in [2.24, 2.45) is 0 Å². The molecule has 2 atom stereocenters. The van der Waals surface area contributed by atoms with Crippen LogP contribution in [0.15, 0.2) is 31.1 Å². The van der Waals surface area contributed by atoms with Crippen molar-refractivity contribution >= 4 is 17.5 Å². The van der Waals surface area contributed by atoms with Crippen molar-refractivity contribution in [3.8, 4) is 0 Å². The molecule has 2 fully saturated rings. The van der Waals surface area contributed by atoms with Crippen molar-refractivity contribution in [3.05, 3.63) is 36.7 Å². The van der Waals surface area contributed by atoms with E-state index < -0.39 is 0 Å². The Balaban J connectivity index is 1.50. The zero-order valence-electron chi connectivity index (χ0n) is 20.5. The first kappa shape index (κ1) is 23.5. The zero-order valence-corrected chi connectivity index (χ0v) is 20.5. The van der Waals surface area contributed by atoms with E-state index >= 15 is 0 Å². The molecular formula is C25H40N8. The maximum absolute atomic E-state index is 4.90. The van der Waals surface area contributed by atoms with E-state index in [-0.39, 0.29) is 0 Å². The van der Waals surface area contributed by atoms with Crippen molar-refractivity contribution in [1.29, 1.82) is 0 Å². The quantitative estimate of drug-likeness (QED) is 0.496. The Bertz CT molecular complexity index is 957. The number of aromatic nitrogens is 4. The summed E-state index contributed by atoms with van der Waals surface area (Å²) >= 11 is 0. The van der Waals surface area contributed by atoms with Gasteiger partial charge in [0.1, 0.15) is 0 Å². The molecule has 0 radical (unpaired) electrons. The second-order valence-electron chi connectivity index (χ2n) is 9.82. The largest absolute Gasteiger partial charge is 0.383 e. The minimum absolute atomic E-state index is 0.324. The molecule has 3 N–H and O–H groups in total. The third-order valence-corrected chi connectivity index (χ3v) is 7.23. The van der Waals surface area contributed by atoms with E-state index in [1.54, 1.807) is 6.08 Å². The molecule has 4 rings (SSSR count). The van der Waals surface area contributed by atoms with Crippen LogP contribution >= 0.6 is 0 Å². The van der Waals surface area contributed by atoms with Crippen LogP contribution in [0, 0.1) is 0 Å². The smallest absolute Gasteiger partial charge is 0.229 e. The van der Waals surface area contributed by atoms with Crippen molar-refractivity contribution in [1.82, 2.24) is 29.8 Å². The Labute approximate surface area is 197 Å². The lowest BCUT2D eigenvalue weighted by molar-refractivity contribution is 0.221. The summed E-state index contributed by atoms with van der Waals surface area (Å²) in [6.45, 7) is 9.97. The van der Waals surface area contributed by atoms with Crippen LogP contribution in [0.25, 0.3) is 5.65 Å². The maximum atomic E-state index is 4.90. The van der Waals surface area contributed by atoms with Crippen LogP contribution in [0.2, 0.25) is 0 Å². The SMILES string of the molecule is C=CC(=C)NC1CCCC(Nc2nc(NC3CCC(N(C)C)CC3)nc3c(CC)cnn23)C1. The first-order chi connectivity index (χ1) is 16.0. The minimum Gasteiger partial charge on any atom is -0.383 e. The summed E-state index contributed by atoms with van der Waals surface area (Å²) in [6.07, 6.45) is 13.7. The van der Waals surface area contributed by atoms with Crippen LogP contribution in [0.4, 0.5) is 11.9 Å². The van der Waals surface area contributed by atoms with E-state index in [9.17, 15) is 0 Å². The summed E-state index contributed by atoms with van der Waals surface area (Å²) in [5.41, 5.74) is 2.93. The third kappa shape index (κ3) is 5.66. The molecule has 0 spiro atoms. The standard InChI is InChI=1S/C25H40N8/c1-6-17(3)27-20-9-8-10-21(15-20)29-25-31-24(30-23-18(7-2)16-26-33(23)25)28-19-11-13-22(14-12-19)32(4)5/h6,16,19-22,27H,1,3,7-15H2,2,4-5H3,(H2,28,29,30,31). The summed E-state index contributed by atoms with van der Waals surface area (Å²) in [5.74, 6) is 1.48. The van der Waals surface area contributed by atoms with Crippen LogP contribution in [0.5, 0.6) is 0 Å². The van der Waals surface area contributed by atoms with Gasteiger partial charge in [-0.3, -0.25) is 0 Å². The Morgan fingerprint density at radius 3 is 2.55 bits per heavy atom. The highest BCUT2D eigenvalue weighted by Gasteiger charge is 2.26. The molecule has 2 aliphatic carbocycles. The summed E-state index contributed by atoms with van der Waals surface area (Å²) in [7, 11) is 4.36. The molecule has 2 aromatic rings. The number of fused-ring (bicyclic) bond motifs is 1. The first-order valence-corrected chi connectivity index (χ1v) is 12.5. The predicted molar refractivity (Wildman–Crippen MR) is 136 cm³/mol. The van der Waals surface area contributed by atoms with Crippen LogP contribution in [0.1, 0.15) is 63.9 Å². The Morgan fingerprint density at radius 2 is 1.85 bits per heavy atom. The Morgan fingerprint density at radius 1 is 1.09 bits per heavy atom. The number of hydrogen-bond donors (Lipinski definition) is 3. The van der Waals surface area contributed by atoms with Gasteiger partial charge in [-0.15, -0.1) is 0 Å². The highest BCUT2D eigenvalue weighted by Crippen LogP contribution is 2.26. The van der Waals surface area contributed by atoms with E-state index in [2.05, 4.69) is 60.1 Å². The molecule has 0 aliphatic heterocycles. The molecule has 2 saturated carbocycles. The molecule has 8 nitrogen and oxygen atoms in total. The molecule has 8 heteroatoms. The van der Waals surface area contributed by atoms with Crippen LogP contribution < -0.4 is 16.0 Å². The van der Waals surface area contributed by atoms with Crippen molar-refractivity contribution in [2.75, 3.05) is 24.7 Å². The van der Waals surface area contributed by atoms with Crippen molar-refractivity contribution in [3.63, 3.8) is 0 Å². The third-order valence-electron chi connectivity index (χ3n) is 7.23. The normalized spacial score (nSPS) is 25.7. The van der Waals surface area contributed by atoms with Gasteiger partial charge in [0.15, 0.2) is 5.65 Å². The molecule has 2 aliphatic rings.